The molecule has 7 heteroatoms. The molecule has 0 fully saturated rings. The number of benzene rings is 2. The number of hydrogen-bond donors (Lipinski definition) is 0. The molecule has 0 aliphatic rings. The summed E-state index contributed by atoms with van der Waals surface area (Å²) < 4.78 is 6.54. The van der Waals surface area contributed by atoms with Crippen molar-refractivity contribution in [2.24, 2.45) is 0 Å². The van der Waals surface area contributed by atoms with Crippen molar-refractivity contribution in [1.82, 2.24) is 9.97 Å². The van der Waals surface area contributed by atoms with Crippen molar-refractivity contribution in [3.63, 3.8) is 0 Å². The Balaban J connectivity index is 1.74. The van der Waals surface area contributed by atoms with Gasteiger partial charge in [-0.2, -0.15) is 0 Å². The van der Waals surface area contributed by atoms with Crippen molar-refractivity contribution in [3.8, 4) is 5.75 Å². The molecule has 0 unspecified atom stereocenters. The van der Waals surface area contributed by atoms with Crippen molar-refractivity contribution in [2.45, 2.75) is 37.5 Å². The first-order valence-corrected chi connectivity index (χ1v) is 12.1. The van der Waals surface area contributed by atoms with E-state index in [4.69, 9.17) is 9.72 Å². The van der Waals surface area contributed by atoms with Crippen LogP contribution in [-0.4, -0.2) is 28.2 Å². The van der Waals surface area contributed by atoms with Crippen LogP contribution < -0.4 is 9.64 Å². The number of fused-ring (bicyclic) bond motifs is 1. The molecular weight excluding hydrogens is 438 g/mol. The van der Waals surface area contributed by atoms with E-state index in [0.29, 0.717) is 28.2 Å². The lowest BCUT2D eigenvalue weighted by molar-refractivity contribution is 0.0985. The van der Waals surface area contributed by atoms with Gasteiger partial charge < -0.3 is 4.74 Å². The first-order chi connectivity index (χ1) is 15.5. The molecule has 2 aromatic heterocycles. The summed E-state index contributed by atoms with van der Waals surface area (Å²) in [5.41, 5.74) is 3.51. The minimum atomic E-state index is -0.0846. The molecule has 0 radical (unpaired) electrons. The monoisotopic (exact) mass is 463 g/mol. The number of hydrogen-bond acceptors (Lipinski definition) is 6. The fourth-order valence-corrected chi connectivity index (χ4v) is 5.27. The highest BCUT2D eigenvalue weighted by atomic mass is 32.2. The van der Waals surface area contributed by atoms with Crippen LogP contribution in [0.25, 0.3) is 10.2 Å². The predicted molar refractivity (Wildman–Crippen MR) is 133 cm³/mol. The molecule has 0 spiro atoms. The zero-order chi connectivity index (χ0) is 22.7. The van der Waals surface area contributed by atoms with Crippen LogP contribution in [-0.2, 0) is 6.54 Å². The van der Waals surface area contributed by atoms with Crippen LogP contribution in [0.5, 0.6) is 5.75 Å². The van der Waals surface area contributed by atoms with Gasteiger partial charge in [0.2, 0.25) is 0 Å². The number of rotatable bonds is 7. The first kappa shape index (κ1) is 22.3. The number of anilines is 1. The second-order valence-corrected chi connectivity index (χ2v) is 10.3. The van der Waals surface area contributed by atoms with Gasteiger partial charge in [-0.25, -0.2) is 4.98 Å². The standard InChI is InChI=1S/C25H25N3O2S2/c1-16(2)31-20-8-6-19(7-9-20)24(29)28(15-18-11-13-26-14-12-18)25-27-22-21(30-4)10-5-17(3)23(22)32-25/h5-14,16H,15H2,1-4H3. The van der Waals surface area contributed by atoms with E-state index in [9.17, 15) is 4.79 Å². The van der Waals surface area contributed by atoms with Crippen LogP contribution in [0.1, 0.15) is 35.3 Å². The molecule has 2 aromatic carbocycles. The second kappa shape index (κ2) is 9.71. The summed E-state index contributed by atoms with van der Waals surface area (Å²) >= 11 is 3.29. The van der Waals surface area contributed by atoms with Crippen LogP contribution in [0.3, 0.4) is 0 Å². The van der Waals surface area contributed by atoms with Gasteiger partial charge in [0, 0.05) is 28.1 Å². The number of thioether (sulfide) groups is 1. The summed E-state index contributed by atoms with van der Waals surface area (Å²) in [7, 11) is 1.64. The number of aryl methyl sites for hydroxylation is 1. The quantitative estimate of drug-likeness (QED) is 0.299. The largest absolute Gasteiger partial charge is 0.494 e. The molecule has 32 heavy (non-hydrogen) atoms. The highest BCUT2D eigenvalue weighted by Gasteiger charge is 2.23. The lowest BCUT2D eigenvalue weighted by atomic mass is 10.2. The Kier molecular flexibility index (Phi) is 6.77. The minimum absolute atomic E-state index is 0.0846. The highest BCUT2D eigenvalue weighted by Crippen LogP contribution is 2.37. The lowest BCUT2D eigenvalue weighted by Gasteiger charge is -2.20. The molecule has 0 saturated heterocycles. The van der Waals surface area contributed by atoms with Crippen LogP contribution in [0.4, 0.5) is 5.13 Å². The van der Waals surface area contributed by atoms with Crippen molar-refractivity contribution < 1.29 is 9.53 Å². The van der Waals surface area contributed by atoms with Crippen LogP contribution >= 0.6 is 23.1 Å². The molecule has 2 heterocycles. The predicted octanol–water partition coefficient (Wildman–Crippen LogP) is 6.36. The summed E-state index contributed by atoms with van der Waals surface area (Å²) in [6.45, 7) is 6.77. The fourth-order valence-electron chi connectivity index (χ4n) is 3.38. The van der Waals surface area contributed by atoms with Crippen LogP contribution in [0, 0.1) is 6.92 Å². The van der Waals surface area contributed by atoms with Gasteiger partial charge in [-0.3, -0.25) is 14.7 Å². The van der Waals surface area contributed by atoms with E-state index in [0.717, 1.165) is 26.2 Å². The van der Waals surface area contributed by atoms with Crippen molar-refractivity contribution in [3.05, 3.63) is 77.6 Å². The molecule has 4 aromatic rings. The van der Waals surface area contributed by atoms with Gasteiger partial charge in [0.1, 0.15) is 11.3 Å². The fraction of sp³-hybridized carbons (Fsp3) is 0.240. The molecular formula is C25H25N3O2S2. The maximum Gasteiger partial charge on any atom is 0.260 e. The van der Waals surface area contributed by atoms with Gasteiger partial charge in [-0.1, -0.05) is 31.3 Å². The van der Waals surface area contributed by atoms with Gasteiger partial charge in [-0.05, 0) is 60.5 Å². The number of carbonyl (C=O) groups is 1. The van der Waals surface area contributed by atoms with E-state index in [1.807, 2.05) is 55.5 Å². The Morgan fingerprint density at radius 3 is 2.47 bits per heavy atom. The highest BCUT2D eigenvalue weighted by molar-refractivity contribution is 7.99. The average Bonchev–Trinajstić information content (AvgIpc) is 3.24. The maximum absolute atomic E-state index is 13.6. The van der Waals surface area contributed by atoms with E-state index < -0.39 is 0 Å². The van der Waals surface area contributed by atoms with Gasteiger partial charge in [0.15, 0.2) is 5.13 Å². The van der Waals surface area contributed by atoms with Crippen molar-refractivity contribution in [1.29, 1.82) is 0 Å². The summed E-state index contributed by atoms with van der Waals surface area (Å²) in [6, 6.07) is 15.6. The Morgan fingerprint density at radius 1 is 1.09 bits per heavy atom. The number of aromatic nitrogens is 2. The molecule has 0 atom stereocenters. The summed E-state index contributed by atoms with van der Waals surface area (Å²) in [4.78, 5) is 25.4. The van der Waals surface area contributed by atoms with Gasteiger partial charge >= 0.3 is 0 Å². The average molecular weight is 464 g/mol. The zero-order valence-corrected chi connectivity index (χ0v) is 20.2. The number of pyridine rings is 1. The summed E-state index contributed by atoms with van der Waals surface area (Å²) in [6.07, 6.45) is 3.48. The van der Waals surface area contributed by atoms with E-state index in [2.05, 4.69) is 18.8 Å². The number of amides is 1. The number of thiazole rings is 1. The third-order valence-electron chi connectivity index (χ3n) is 4.95. The Bertz CT molecular complexity index is 1220. The smallest absolute Gasteiger partial charge is 0.260 e. The van der Waals surface area contributed by atoms with Crippen LogP contribution in [0.15, 0.2) is 65.8 Å². The molecule has 1 amide bonds. The molecule has 0 bridgehead atoms. The zero-order valence-electron chi connectivity index (χ0n) is 18.5. The SMILES string of the molecule is COc1ccc(C)c2sc(N(Cc3ccncc3)C(=O)c3ccc(SC(C)C)cc3)nc12. The normalized spacial score (nSPS) is 11.2. The number of ether oxygens (including phenoxy) is 1. The van der Waals surface area contributed by atoms with Crippen molar-refractivity contribution >= 4 is 44.4 Å². The third kappa shape index (κ3) is 4.79. The molecule has 0 aliphatic carbocycles. The topological polar surface area (TPSA) is 55.3 Å². The second-order valence-electron chi connectivity index (χ2n) is 7.70. The Labute approximate surface area is 196 Å². The van der Waals surface area contributed by atoms with Gasteiger partial charge in [-0.15, -0.1) is 11.8 Å². The molecule has 0 N–H and O–H groups in total. The number of methoxy groups -OCH3 is 1. The van der Waals surface area contributed by atoms with E-state index >= 15 is 0 Å². The van der Waals surface area contributed by atoms with E-state index in [1.54, 1.807) is 36.2 Å². The number of carbonyl (C=O) groups excluding carboxylic acids is 1. The van der Waals surface area contributed by atoms with E-state index in [1.165, 1.54) is 11.3 Å². The van der Waals surface area contributed by atoms with Crippen LogP contribution in [0.2, 0.25) is 0 Å². The lowest BCUT2D eigenvalue weighted by Crippen LogP contribution is -2.30. The third-order valence-corrected chi connectivity index (χ3v) is 7.18. The molecule has 4 rings (SSSR count). The first-order valence-electron chi connectivity index (χ1n) is 10.4. The van der Waals surface area contributed by atoms with Gasteiger partial charge in [0.25, 0.3) is 5.91 Å². The molecule has 0 aliphatic heterocycles. The molecule has 5 nitrogen and oxygen atoms in total. The van der Waals surface area contributed by atoms with Gasteiger partial charge in [0.05, 0.1) is 18.4 Å². The number of nitrogens with zero attached hydrogens (tertiary/aromatic N) is 3. The Hall–Kier alpha value is -2.90. The molecule has 0 saturated carbocycles. The minimum Gasteiger partial charge on any atom is -0.494 e. The van der Waals surface area contributed by atoms with E-state index in [-0.39, 0.29) is 5.91 Å². The molecule has 164 valence electrons. The summed E-state index contributed by atoms with van der Waals surface area (Å²) in [5.74, 6) is 0.623. The Morgan fingerprint density at radius 2 is 1.81 bits per heavy atom. The maximum atomic E-state index is 13.6. The summed E-state index contributed by atoms with van der Waals surface area (Å²) in [5, 5.41) is 1.13. The van der Waals surface area contributed by atoms with Crippen molar-refractivity contribution in [2.75, 3.05) is 12.0 Å².